The van der Waals surface area contributed by atoms with Crippen molar-refractivity contribution in [3.63, 3.8) is 0 Å². The van der Waals surface area contributed by atoms with Crippen molar-refractivity contribution in [3.8, 4) is 5.75 Å². The minimum Gasteiger partial charge on any atom is -0.489 e. The molecule has 1 fully saturated rings. The van der Waals surface area contributed by atoms with Crippen molar-refractivity contribution < 1.29 is 33.3 Å². The van der Waals surface area contributed by atoms with Gasteiger partial charge < -0.3 is 24.2 Å². The average Bonchev–Trinajstić information content (AvgIpc) is 2.99. The maximum Gasteiger partial charge on any atom is 0.412 e. The van der Waals surface area contributed by atoms with Gasteiger partial charge in [0.25, 0.3) is 0 Å². The molecule has 2 unspecified atom stereocenters. The summed E-state index contributed by atoms with van der Waals surface area (Å²) in [7, 11) is 0. The van der Waals surface area contributed by atoms with E-state index >= 15 is 0 Å². The van der Waals surface area contributed by atoms with E-state index in [2.05, 4.69) is 10.3 Å². The van der Waals surface area contributed by atoms with Crippen molar-refractivity contribution in [3.05, 3.63) is 102 Å². The Morgan fingerprint density at radius 2 is 1.83 bits per heavy atom. The summed E-state index contributed by atoms with van der Waals surface area (Å²) in [5, 5.41) is 14.0. The van der Waals surface area contributed by atoms with E-state index in [1.807, 2.05) is 36.4 Å². The number of ether oxygens (including phenoxy) is 3. The smallest absolute Gasteiger partial charge is 0.412 e. The number of hydrogen-bond acceptors (Lipinski definition) is 6. The Balaban J connectivity index is 1.25. The Kier molecular flexibility index (Phi) is 8.90. The van der Waals surface area contributed by atoms with Crippen molar-refractivity contribution in [1.82, 2.24) is 9.88 Å². The highest BCUT2D eigenvalue weighted by atomic mass is 19.1. The molecule has 5 rings (SSSR count). The van der Waals surface area contributed by atoms with Gasteiger partial charge in [-0.3, -0.25) is 5.32 Å². The molecule has 0 radical (unpaired) electrons. The standard InChI is InChI=1S/C31H30FN3O6/c32-24-10-8-22(9-11-24)26-12-14-35(31(37)38)19-28(26)41-20-21-17-23-5-1-2-6-25(23)27(18-21)39-15-16-40-30(36)34-29-7-3-4-13-33-29/h1-11,13,17-18,26,28H,12,14-16,19-20H2,(H,37,38)(H,33,34,36). The van der Waals surface area contributed by atoms with Gasteiger partial charge in [0.2, 0.25) is 0 Å². The zero-order valence-corrected chi connectivity index (χ0v) is 22.2. The number of anilines is 1. The first-order valence-electron chi connectivity index (χ1n) is 13.3. The van der Waals surface area contributed by atoms with Gasteiger partial charge in [-0.05, 0) is 59.3 Å². The summed E-state index contributed by atoms with van der Waals surface area (Å²) < 4.78 is 31.1. The number of piperidine rings is 1. The first-order chi connectivity index (χ1) is 20.0. The molecule has 9 nitrogen and oxygen atoms in total. The first kappa shape index (κ1) is 27.9. The number of pyridine rings is 1. The predicted molar refractivity (Wildman–Crippen MR) is 151 cm³/mol. The molecule has 2 N–H and O–H groups in total. The number of carboxylic acid groups (broad SMARTS) is 1. The number of rotatable bonds is 9. The second-order valence-electron chi connectivity index (χ2n) is 9.66. The topological polar surface area (TPSA) is 110 Å². The van der Waals surface area contributed by atoms with Crippen molar-refractivity contribution in [2.45, 2.75) is 25.0 Å². The Morgan fingerprint density at radius 3 is 2.61 bits per heavy atom. The summed E-state index contributed by atoms with van der Waals surface area (Å²) in [4.78, 5) is 29.1. The normalized spacial score (nSPS) is 16.8. The highest BCUT2D eigenvalue weighted by Gasteiger charge is 2.33. The van der Waals surface area contributed by atoms with E-state index in [0.29, 0.717) is 24.5 Å². The monoisotopic (exact) mass is 559 g/mol. The fraction of sp³-hybridized carbons (Fsp3) is 0.258. The highest BCUT2D eigenvalue weighted by molar-refractivity contribution is 5.89. The number of aromatic nitrogens is 1. The molecular weight excluding hydrogens is 529 g/mol. The molecule has 41 heavy (non-hydrogen) atoms. The third kappa shape index (κ3) is 7.29. The summed E-state index contributed by atoms with van der Waals surface area (Å²) in [5.74, 6) is 0.610. The van der Waals surface area contributed by atoms with E-state index in [1.54, 1.807) is 36.5 Å². The maximum absolute atomic E-state index is 13.5. The highest BCUT2D eigenvalue weighted by Crippen LogP contribution is 2.33. The second-order valence-corrected chi connectivity index (χ2v) is 9.66. The van der Waals surface area contributed by atoms with E-state index in [0.717, 1.165) is 21.9 Å². The number of hydrogen-bond donors (Lipinski definition) is 2. The molecule has 1 saturated heterocycles. The van der Waals surface area contributed by atoms with E-state index in [-0.39, 0.29) is 38.1 Å². The fourth-order valence-electron chi connectivity index (χ4n) is 4.95. The van der Waals surface area contributed by atoms with Crippen LogP contribution >= 0.6 is 0 Å². The minimum absolute atomic E-state index is 0.0279. The number of benzene rings is 3. The number of carbonyl (C=O) groups excluding carboxylic acids is 1. The van der Waals surface area contributed by atoms with Gasteiger partial charge in [-0.25, -0.2) is 19.0 Å². The Hall–Kier alpha value is -4.70. The minimum atomic E-state index is -0.992. The lowest BCUT2D eigenvalue weighted by molar-refractivity contribution is -0.0199. The molecule has 1 aliphatic heterocycles. The fourth-order valence-corrected chi connectivity index (χ4v) is 4.95. The lowest BCUT2D eigenvalue weighted by Crippen LogP contribution is -2.46. The van der Waals surface area contributed by atoms with Crippen LogP contribution < -0.4 is 10.1 Å². The van der Waals surface area contributed by atoms with Gasteiger partial charge in [-0.1, -0.05) is 42.5 Å². The summed E-state index contributed by atoms with van der Waals surface area (Å²) in [5.41, 5.74) is 1.76. The van der Waals surface area contributed by atoms with E-state index in [1.165, 1.54) is 17.0 Å². The third-order valence-electron chi connectivity index (χ3n) is 6.94. The lowest BCUT2D eigenvalue weighted by atomic mass is 9.87. The molecule has 3 aromatic carbocycles. The Labute approximate surface area is 236 Å². The molecule has 212 valence electrons. The number of fused-ring (bicyclic) bond motifs is 1. The van der Waals surface area contributed by atoms with Crippen LogP contribution in [-0.4, -0.2) is 59.6 Å². The van der Waals surface area contributed by atoms with Crippen LogP contribution in [0.1, 0.15) is 23.5 Å². The molecular formula is C31H30FN3O6. The molecule has 0 spiro atoms. The van der Waals surface area contributed by atoms with Crippen LogP contribution in [0.2, 0.25) is 0 Å². The van der Waals surface area contributed by atoms with Crippen LogP contribution in [-0.2, 0) is 16.1 Å². The first-order valence-corrected chi connectivity index (χ1v) is 13.3. The molecule has 2 atom stereocenters. The van der Waals surface area contributed by atoms with Crippen molar-refractivity contribution in [2.24, 2.45) is 0 Å². The molecule has 1 aliphatic rings. The van der Waals surface area contributed by atoms with Gasteiger partial charge in [-0.2, -0.15) is 0 Å². The van der Waals surface area contributed by atoms with Crippen LogP contribution in [0.5, 0.6) is 5.75 Å². The average molecular weight is 560 g/mol. The Morgan fingerprint density at radius 1 is 1.02 bits per heavy atom. The van der Waals surface area contributed by atoms with Gasteiger partial charge in [0, 0.05) is 24.0 Å². The van der Waals surface area contributed by atoms with E-state index in [9.17, 15) is 19.1 Å². The van der Waals surface area contributed by atoms with E-state index < -0.39 is 18.3 Å². The maximum atomic E-state index is 13.5. The quantitative estimate of drug-likeness (QED) is 0.240. The number of nitrogens with zero attached hydrogens (tertiary/aromatic N) is 2. The predicted octanol–water partition coefficient (Wildman–Crippen LogP) is 6.05. The molecule has 0 bridgehead atoms. The molecule has 1 aromatic heterocycles. The lowest BCUT2D eigenvalue weighted by Gasteiger charge is -2.37. The van der Waals surface area contributed by atoms with Gasteiger partial charge in [0.1, 0.15) is 30.6 Å². The van der Waals surface area contributed by atoms with Crippen LogP contribution in [0.4, 0.5) is 19.8 Å². The molecule has 2 heterocycles. The molecule has 0 aliphatic carbocycles. The molecule has 4 aromatic rings. The Bertz CT molecular complexity index is 1480. The zero-order chi connectivity index (χ0) is 28.6. The van der Waals surface area contributed by atoms with Crippen LogP contribution in [0.25, 0.3) is 10.8 Å². The third-order valence-corrected chi connectivity index (χ3v) is 6.94. The summed E-state index contributed by atoms with van der Waals surface area (Å²) >= 11 is 0. The van der Waals surface area contributed by atoms with Gasteiger partial charge in [0.15, 0.2) is 0 Å². The SMILES string of the molecule is O=C(Nc1ccccn1)OCCOc1cc(COC2CN(C(=O)O)CCC2c2ccc(F)cc2)cc2ccccc12. The number of likely N-dealkylation sites (tertiary alicyclic amines) is 1. The number of nitrogens with one attached hydrogen (secondary N) is 1. The number of amides is 2. The summed E-state index contributed by atoms with van der Waals surface area (Å²) in [6.07, 6.45) is 0.112. The van der Waals surface area contributed by atoms with Gasteiger partial charge in [0.05, 0.1) is 19.3 Å². The number of carbonyl (C=O) groups is 2. The molecule has 0 saturated carbocycles. The van der Waals surface area contributed by atoms with Crippen molar-refractivity contribution >= 4 is 28.8 Å². The van der Waals surface area contributed by atoms with Crippen LogP contribution in [0.3, 0.4) is 0 Å². The summed E-state index contributed by atoms with van der Waals surface area (Å²) in [6.45, 7) is 0.978. The molecule has 2 amide bonds. The number of halogens is 1. The summed E-state index contributed by atoms with van der Waals surface area (Å²) in [6, 6.07) is 23.1. The van der Waals surface area contributed by atoms with Crippen molar-refractivity contribution in [2.75, 3.05) is 31.6 Å². The second kappa shape index (κ2) is 13.1. The van der Waals surface area contributed by atoms with Gasteiger partial charge in [-0.15, -0.1) is 0 Å². The van der Waals surface area contributed by atoms with E-state index in [4.69, 9.17) is 14.2 Å². The van der Waals surface area contributed by atoms with Crippen molar-refractivity contribution in [1.29, 1.82) is 0 Å². The van der Waals surface area contributed by atoms with Crippen LogP contribution in [0, 0.1) is 5.82 Å². The molecule has 10 heteroatoms. The van der Waals surface area contributed by atoms with Gasteiger partial charge >= 0.3 is 12.2 Å². The largest absolute Gasteiger partial charge is 0.489 e. The van der Waals surface area contributed by atoms with Crippen LogP contribution in [0.15, 0.2) is 85.1 Å². The zero-order valence-electron chi connectivity index (χ0n) is 22.2.